The number of hydrogen-bond acceptors (Lipinski definition) is 7. The summed E-state index contributed by atoms with van der Waals surface area (Å²) in [5.74, 6) is -1.46. The Balaban J connectivity index is 1.64. The normalized spacial score (nSPS) is 23.3. The zero-order chi connectivity index (χ0) is 26.6. The summed E-state index contributed by atoms with van der Waals surface area (Å²) in [4.78, 5) is 58.4. The molecule has 0 spiro atoms. The molecule has 36 heavy (non-hydrogen) atoms. The van der Waals surface area contributed by atoms with Gasteiger partial charge in [-0.1, -0.05) is 12.8 Å². The van der Waals surface area contributed by atoms with Gasteiger partial charge in [0.15, 0.2) is 0 Å². The largest absolute Gasteiger partial charge is 0.481 e. The summed E-state index contributed by atoms with van der Waals surface area (Å²) in [7, 11) is 0. The highest BCUT2D eigenvalue weighted by molar-refractivity contribution is 8.01. The number of carbonyl (C=O) groups excluding carboxylic acids is 3. The van der Waals surface area contributed by atoms with Crippen LogP contribution in [0.1, 0.15) is 70.6 Å². The Morgan fingerprint density at radius 1 is 0.972 bits per heavy atom. The van der Waals surface area contributed by atoms with Gasteiger partial charge in [0.05, 0.1) is 12.1 Å². The van der Waals surface area contributed by atoms with Crippen LogP contribution >= 0.6 is 11.8 Å². The van der Waals surface area contributed by atoms with E-state index in [4.69, 9.17) is 15.9 Å². The summed E-state index contributed by atoms with van der Waals surface area (Å²) in [6.45, 7) is 0.946. The average Bonchev–Trinajstić information content (AvgIpc) is 3.36. The minimum atomic E-state index is -1.02. The molecule has 12 nitrogen and oxygen atoms in total. The molecule has 2 heterocycles. The van der Waals surface area contributed by atoms with Gasteiger partial charge in [0, 0.05) is 31.7 Å². The fourth-order valence-corrected chi connectivity index (χ4v) is 6.17. The van der Waals surface area contributed by atoms with Crippen LogP contribution in [0.5, 0.6) is 0 Å². The summed E-state index contributed by atoms with van der Waals surface area (Å²) in [5.41, 5.74) is 5.44. The lowest BCUT2D eigenvalue weighted by atomic mass is 9.88. The molecule has 0 aromatic rings. The Hall–Kier alpha value is -2.54. The summed E-state index contributed by atoms with van der Waals surface area (Å²) in [6, 6.07) is -1.60. The van der Waals surface area contributed by atoms with E-state index in [1.807, 2.05) is 0 Å². The quantitative estimate of drug-likeness (QED) is 0.0977. The second kappa shape index (κ2) is 14.9. The molecule has 2 aliphatic rings. The number of urea groups is 1. The van der Waals surface area contributed by atoms with Crippen molar-refractivity contribution in [2.45, 2.75) is 93.5 Å². The van der Waals surface area contributed by atoms with Crippen molar-refractivity contribution in [2.75, 3.05) is 18.8 Å². The topological polar surface area (TPSA) is 200 Å². The number of nitrogens with one attached hydrogen (secondary N) is 4. The first-order valence-corrected chi connectivity index (χ1v) is 13.6. The van der Waals surface area contributed by atoms with Crippen LogP contribution in [0.25, 0.3) is 0 Å². The van der Waals surface area contributed by atoms with E-state index in [2.05, 4.69) is 21.3 Å². The summed E-state index contributed by atoms with van der Waals surface area (Å²) < 4.78 is -0.823. The highest BCUT2D eigenvalue weighted by atomic mass is 32.2. The number of carboxylic acid groups (broad SMARTS) is 2. The van der Waals surface area contributed by atoms with Gasteiger partial charge in [-0.25, -0.2) is 4.79 Å². The number of carboxylic acids is 2. The molecule has 8 N–H and O–H groups in total. The number of thioether (sulfide) groups is 1. The Labute approximate surface area is 215 Å². The van der Waals surface area contributed by atoms with Crippen LogP contribution in [0.2, 0.25) is 0 Å². The van der Waals surface area contributed by atoms with Crippen molar-refractivity contribution in [3.63, 3.8) is 0 Å². The first-order chi connectivity index (χ1) is 17.2. The van der Waals surface area contributed by atoms with Crippen LogP contribution in [0.15, 0.2) is 0 Å². The van der Waals surface area contributed by atoms with Crippen LogP contribution in [-0.2, 0) is 19.2 Å². The van der Waals surface area contributed by atoms with Gasteiger partial charge in [-0.15, -0.1) is 11.8 Å². The first-order valence-electron chi connectivity index (χ1n) is 12.6. The third-order valence-corrected chi connectivity index (χ3v) is 8.23. The standard InChI is InChI=1S/C23H39N5O7S/c24-15(20(32)33)8-4-7-12-25-17(29)9-2-1-6-13-26-21(34)23(11-5-3-10-18(30)31)19-16(14-36-23)27-22(35)28-19/h15-16,19H,1-14,24H2,(H,25,29)(H,26,34)(H,30,31)(H,32,33)(H2,27,28,35)/t15-,16-,19-,23-/m0/s1. The fourth-order valence-electron chi connectivity index (χ4n) is 4.52. The predicted molar refractivity (Wildman–Crippen MR) is 134 cm³/mol. The first kappa shape index (κ1) is 29.7. The molecule has 2 saturated heterocycles. The predicted octanol–water partition coefficient (Wildman–Crippen LogP) is 0.542. The van der Waals surface area contributed by atoms with Gasteiger partial charge in [-0.05, 0) is 44.9 Å². The number of aliphatic carboxylic acids is 2. The summed E-state index contributed by atoms with van der Waals surface area (Å²) in [5, 5.41) is 29.1. The molecule has 4 atom stereocenters. The van der Waals surface area contributed by atoms with Gasteiger partial charge in [0.1, 0.15) is 10.8 Å². The molecular formula is C23H39N5O7S. The van der Waals surface area contributed by atoms with E-state index < -0.39 is 22.7 Å². The lowest BCUT2D eigenvalue weighted by Crippen LogP contribution is -2.56. The second-order valence-corrected chi connectivity index (χ2v) is 10.7. The second-order valence-electron chi connectivity index (χ2n) is 9.36. The van der Waals surface area contributed by atoms with E-state index in [1.54, 1.807) is 0 Å². The molecule has 0 aromatic heterocycles. The molecule has 0 unspecified atom stereocenters. The molecule has 0 saturated carbocycles. The van der Waals surface area contributed by atoms with Crippen molar-refractivity contribution >= 4 is 41.5 Å². The van der Waals surface area contributed by atoms with E-state index in [0.29, 0.717) is 76.6 Å². The molecule has 4 amide bonds. The molecule has 0 radical (unpaired) electrons. The smallest absolute Gasteiger partial charge is 0.320 e. The van der Waals surface area contributed by atoms with Crippen molar-refractivity contribution in [3.8, 4) is 0 Å². The van der Waals surface area contributed by atoms with Crippen LogP contribution in [0.4, 0.5) is 4.79 Å². The molecule has 2 aliphatic heterocycles. The third kappa shape index (κ3) is 9.16. The molecule has 204 valence electrons. The van der Waals surface area contributed by atoms with Crippen LogP contribution in [0.3, 0.4) is 0 Å². The van der Waals surface area contributed by atoms with Gasteiger partial charge in [0.2, 0.25) is 11.8 Å². The number of unbranched alkanes of at least 4 members (excludes halogenated alkanes) is 4. The number of fused-ring (bicyclic) bond motifs is 1. The van der Waals surface area contributed by atoms with E-state index in [9.17, 15) is 24.0 Å². The van der Waals surface area contributed by atoms with Crippen molar-refractivity contribution in [1.29, 1.82) is 0 Å². The number of rotatable bonds is 18. The average molecular weight is 530 g/mol. The molecule has 0 aromatic carbocycles. The van der Waals surface area contributed by atoms with Crippen molar-refractivity contribution in [2.24, 2.45) is 5.73 Å². The highest BCUT2D eigenvalue weighted by Crippen LogP contribution is 2.44. The zero-order valence-electron chi connectivity index (χ0n) is 20.6. The van der Waals surface area contributed by atoms with E-state index >= 15 is 0 Å². The maximum absolute atomic E-state index is 13.2. The van der Waals surface area contributed by atoms with Gasteiger partial charge in [-0.3, -0.25) is 19.2 Å². The maximum atomic E-state index is 13.2. The number of nitrogens with two attached hydrogens (primary N) is 1. The van der Waals surface area contributed by atoms with Crippen molar-refractivity contribution < 1.29 is 34.2 Å². The third-order valence-electron chi connectivity index (χ3n) is 6.55. The SMILES string of the molecule is N[C@@H](CCCCNC(=O)CCCCCNC(=O)[C@@]1(CCCCC(=O)O)SC[C@@H]2NC(=O)N[C@@H]21)C(=O)O. The van der Waals surface area contributed by atoms with Gasteiger partial charge < -0.3 is 37.2 Å². The Kier molecular flexibility index (Phi) is 12.3. The Morgan fingerprint density at radius 3 is 2.39 bits per heavy atom. The summed E-state index contributed by atoms with van der Waals surface area (Å²) >= 11 is 1.51. The minimum Gasteiger partial charge on any atom is -0.481 e. The van der Waals surface area contributed by atoms with Gasteiger partial charge >= 0.3 is 18.0 Å². The summed E-state index contributed by atoms with van der Waals surface area (Å²) in [6.07, 6.45) is 5.82. The molecular weight excluding hydrogens is 490 g/mol. The fraction of sp³-hybridized carbons (Fsp3) is 0.783. The molecule has 0 bridgehead atoms. The maximum Gasteiger partial charge on any atom is 0.320 e. The highest BCUT2D eigenvalue weighted by Gasteiger charge is 2.57. The lowest BCUT2D eigenvalue weighted by molar-refractivity contribution is -0.139. The van der Waals surface area contributed by atoms with E-state index in [-0.39, 0.29) is 36.3 Å². The Morgan fingerprint density at radius 2 is 1.67 bits per heavy atom. The molecule has 2 rings (SSSR count). The number of amides is 4. The Bertz CT molecular complexity index is 799. The molecule has 2 fully saturated rings. The van der Waals surface area contributed by atoms with Crippen molar-refractivity contribution in [3.05, 3.63) is 0 Å². The van der Waals surface area contributed by atoms with Crippen molar-refractivity contribution in [1.82, 2.24) is 21.3 Å². The van der Waals surface area contributed by atoms with E-state index in [0.717, 1.165) is 6.42 Å². The number of carbonyl (C=O) groups is 5. The van der Waals surface area contributed by atoms with Crippen LogP contribution < -0.4 is 27.0 Å². The van der Waals surface area contributed by atoms with Gasteiger partial charge in [0.25, 0.3) is 0 Å². The van der Waals surface area contributed by atoms with E-state index in [1.165, 1.54) is 11.8 Å². The molecule has 0 aliphatic carbocycles. The lowest BCUT2D eigenvalue weighted by Gasteiger charge is -2.32. The van der Waals surface area contributed by atoms with Crippen LogP contribution in [-0.4, -0.2) is 81.7 Å². The zero-order valence-corrected chi connectivity index (χ0v) is 21.4. The minimum absolute atomic E-state index is 0.0491. The monoisotopic (exact) mass is 529 g/mol. The number of hydrogen-bond donors (Lipinski definition) is 7. The molecule has 13 heteroatoms. The van der Waals surface area contributed by atoms with Crippen LogP contribution in [0, 0.1) is 0 Å². The van der Waals surface area contributed by atoms with Gasteiger partial charge in [-0.2, -0.15) is 0 Å².